The SMILES string of the molecule is C#CCC(C)NCC(O)COCC(CC)CCCC. The maximum absolute atomic E-state index is 9.79. The molecule has 0 rings (SSSR count). The molecule has 0 aromatic carbocycles. The zero-order valence-electron chi connectivity index (χ0n) is 12.8. The fraction of sp³-hybridized carbons (Fsp3) is 0.875. The quantitative estimate of drug-likeness (QED) is 0.535. The first-order chi connectivity index (χ1) is 9.13. The van der Waals surface area contributed by atoms with Crippen LogP contribution in [0.1, 0.15) is 52.9 Å². The number of aliphatic hydroxyl groups excluding tert-OH is 1. The van der Waals surface area contributed by atoms with Gasteiger partial charge < -0.3 is 15.2 Å². The summed E-state index contributed by atoms with van der Waals surface area (Å²) in [5.41, 5.74) is 0. The van der Waals surface area contributed by atoms with Crippen molar-refractivity contribution in [3.8, 4) is 12.3 Å². The Balaban J connectivity index is 3.60. The Morgan fingerprint density at radius 2 is 2.05 bits per heavy atom. The lowest BCUT2D eigenvalue weighted by atomic mass is 10.0. The Morgan fingerprint density at radius 1 is 1.32 bits per heavy atom. The van der Waals surface area contributed by atoms with E-state index in [4.69, 9.17) is 11.2 Å². The maximum atomic E-state index is 9.79. The van der Waals surface area contributed by atoms with Gasteiger partial charge in [-0.2, -0.15) is 0 Å². The summed E-state index contributed by atoms with van der Waals surface area (Å²) in [6.45, 7) is 8.12. The highest BCUT2D eigenvalue weighted by molar-refractivity contribution is 4.88. The summed E-state index contributed by atoms with van der Waals surface area (Å²) in [6, 6.07) is 0.243. The fourth-order valence-electron chi connectivity index (χ4n) is 1.91. The van der Waals surface area contributed by atoms with Gasteiger partial charge >= 0.3 is 0 Å². The van der Waals surface area contributed by atoms with Gasteiger partial charge in [0.25, 0.3) is 0 Å². The molecule has 0 aliphatic rings. The largest absolute Gasteiger partial charge is 0.389 e. The number of terminal acetylenes is 1. The summed E-state index contributed by atoms with van der Waals surface area (Å²) >= 11 is 0. The molecule has 0 fully saturated rings. The van der Waals surface area contributed by atoms with Crippen molar-refractivity contribution in [2.75, 3.05) is 19.8 Å². The molecule has 3 heteroatoms. The summed E-state index contributed by atoms with van der Waals surface area (Å²) in [7, 11) is 0. The summed E-state index contributed by atoms with van der Waals surface area (Å²) < 4.78 is 5.61. The number of hydrogen-bond acceptors (Lipinski definition) is 3. The molecule has 0 bridgehead atoms. The first-order valence-electron chi connectivity index (χ1n) is 7.56. The van der Waals surface area contributed by atoms with Crippen molar-refractivity contribution in [3.63, 3.8) is 0 Å². The molecule has 2 N–H and O–H groups in total. The van der Waals surface area contributed by atoms with Gasteiger partial charge in [0, 0.05) is 25.6 Å². The molecule has 0 aliphatic carbocycles. The van der Waals surface area contributed by atoms with Gasteiger partial charge in [0.15, 0.2) is 0 Å². The third-order valence-corrected chi connectivity index (χ3v) is 3.33. The summed E-state index contributed by atoms with van der Waals surface area (Å²) in [5, 5.41) is 13.0. The van der Waals surface area contributed by atoms with Crippen LogP contribution in [0.4, 0.5) is 0 Å². The van der Waals surface area contributed by atoms with Crippen LogP contribution >= 0.6 is 0 Å². The predicted octanol–water partition coefficient (Wildman–Crippen LogP) is 2.58. The van der Waals surface area contributed by atoms with Crippen LogP contribution < -0.4 is 5.32 Å². The van der Waals surface area contributed by atoms with E-state index in [1.807, 2.05) is 6.92 Å². The number of unbranched alkanes of at least 4 members (excludes halogenated alkanes) is 1. The first kappa shape index (κ1) is 18.4. The van der Waals surface area contributed by atoms with E-state index in [1.54, 1.807) is 0 Å². The number of rotatable bonds is 12. The van der Waals surface area contributed by atoms with E-state index in [2.05, 4.69) is 25.1 Å². The highest BCUT2D eigenvalue weighted by Gasteiger charge is 2.09. The Labute approximate surface area is 119 Å². The van der Waals surface area contributed by atoms with Crippen LogP contribution in [-0.2, 0) is 4.74 Å². The molecule has 0 saturated heterocycles. The predicted molar refractivity (Wildman–Crippen MR) is 81.0 cm³/mol. The summed E-state index contributed by atoms with van der Waals surface area (Å²) in [5.74, 6) is 3.23. The lowest BCUT2D eigenvalue weighted by Crippen LogP contribution is -2.36. The summed E-state index contributed by atoms with van der Waals surface area (Å²) in [4.78, 5) is 0. The standard InChI is InChI=1S/C16H31NO2/c1-5-8-10-15(7-3)12-19-13-16(18)11-17-14(4)9-6-2/h2,14-18H,5,7-13H2,1,3-4H3. The smallest absolute Gasteiger partial charge is 0.0897 e. The normalized spacial score (nSPS) is 15.7. The molecular formula is C16H31NO2. The Hall–Kier alpha value is -0.560. The number of aliphatic hydroxyl groups is 1. The molecule has 0 heterocycles. The number of ether oxygens (including phenoxy) is 1. The minimum atomic E-state index is -0.455. The van der Waals surface area contributed by atoms with Gasteiger partial charge in [0.1, 0.15) is 0 Å². The van der Waals surface area contributed by atoms with Gasteiger partial charge in [-0.25, -0.2) is 0 Å². The number of nitrogens with one attached hydrogen (secondary N) is 1. The molecule has 0 aromatic rings. The highest BCUT2D eigenvalue weighted by atomic mass is 16.5. The van der Waals surface area contributed by atoms with E-state index in [1.165, 1.54) is 19.3 Å². The van der Waals surface area contributed by atoms with Gasteiger partial charge in [-0.15, -0.1) is 12.3 Å². The van der Waals surface area contributed by atoms with Crippen LogP contribution in [-0.4, -0.2) is 37.0 Å². The fourth-order valence-corrected chi connectivity index (χ4v) is 1.91. The van der Waals surface area contributed by atoms with E-state index in [-0.39, 0.29) is 6.04 Å². The van der Waals surface area contributed by atoms with E-state index >= 15 is 0 Å². The molecule has 0 aromatic heterocycles. The van der Waals surface area contributed by atoms with Crippen molar-refractivity contribution >= 4 is 0 Å². The van der Waals surface area contributed by atoms with Crippen LogP contribution in [0.5, 0.6) is 0 Å². The first-order valence-corrected chi connectivity index (χ1v) is 7.56. The average Bonchev–Trinajstić information content (AvgIpc) is 2.40. The van der Waals surface area contributed by atoms with Crippen LogP contribution in [0, 0.1) is 18.3 Å². The second kappa shape index (κ2) is 12.5. The lowest BCUT2D eigenvalue weighted by Gasteiger charge is -2.18. The maximum Gasteiger partial charge on any atom is 0.0897 e. The second-order valence-corrected chi connectivity index (χ2v) is 5.33. The van der Waals surface area contributed by atoms with Crippen molar-refractivity contribution < 1.29 is 9.84 Å². The molecule has 3 unspecified atom stereocenters. The van der Waals surface area contributed by atoms with E-state index in [0.29, 0.717) is 25.5 Å². The van der Waals surface area contributed by atoms with Crippen LogP contribution in [0.3, 0.4) is 0 Å². The van der Waals surface area contributed by atoms with Crippen molar-refractivity contribution in [2.45, 2.75) is 65.0 Å². The molecule has 0 aliphatic heterocycles. The minimum absolute atomic E-state index is 0.243. The topological polar surface area (TPSA) is 41.5 Å². The molecule has 112 valence electrons. The monoisotopic (exact) mass is 269 g/mol. The van der Waals surface area contributed by atoms with Crippen molar-refractivity contribution in [2.24, 2.45) is 5.92 Å². The summed E-state index contributed by atoms with van der Waals surface area (Å²) in [6.07, 6.45) is 10.3. The van der Waals surface area contributed by atoms with Gasteiger partial charge in [0.05, 0.1) is 12.7 Å². The van der Waals surface area contributed by atoms with Crippen LogP contribution in [0.25, 0.3) is 0 Å². The van der Waals surface area contributed by atoms with E-state index < -0.39 is 6.10 Å². The van der Waals surface area contributed by atoms with Crippen molar-refractivity contribution in [3.05, 3.63) is 0 Å². The lowest BCUT2D eigenvalue weighted by molar-refractivity contribution is 0.0185. The Kier molecular flexibility index (Phi) is 12.1. The molecule has 0 radical (unpaired) electrons. The molecule has 0 spiro atoms. The molecule has 3 atom stereocenters. The third-order valence-electron chi connectivity index (χ3n) is 3.33. The van der Waals surface area contributed by atoms with Gasteiger partial charge in [-0.3, -0.25) is 0 Å². The molecule has 0 amide bonds. The second-order valence-electron chi connectivity index (χ2n) is 5.33. The van der Waals surface area contributed by atoms with Crippen molar-refractivity contribution in [1.29, 1.82) is 0 Å². The Morgan fingerprint density at radius 3 is 2.63 bits per heavy atom. The molecule has 3 nitrogen and oxygen atoms in total. The van der Waals surface area contributed by atoms with Crippen molar-refractivity contribution in [1.82, 2.24) is 5.32 Å². The van der Waals surface area contributed by atoms with Crippen LogP contribution in [0.2, 0.25) is 0 Å². The Bertz CT molecular complexity index is 237. The third kappa shape index (κ3) is 11.0. The zero-order valence-corrected chi connectivity index (χ0v) is 12.8. The highest BCUT2D eigenvalue weighted by Crippen LogP contribution is 2.12. The molecule has 19 heavy (non-hydrogen) atoms. The van der Waals surface area contributed by atoms with Crippen LogP contribution in [0.15, 0.2) is 0 Å². The molecular weight excluding hydrogens is 238 g/mol. The van der Waals surface area contributed by atoms with Gasteiger partial charge in [0.2, 0.25) is 0 Å². The van der Waals surface area contributed by atoms with E-state index in [9.17, 15) is 5.11 Å². The van der Waals surface area contributed by atoms with Gasteiger partial charge in [-0.05, 0) is 19.3 Å². The van der Waals surface area contributed by atoms with Gasteiger partial charge in [-0.1, -0.05) is 33.1 Å². The average molecular weight is 269 g/mol. The van der Waals surface area contributed by atoms with E-state index in [0.717, 1.165) is 13.0 Å². The zero-order chi connectivity index (χ0) is 14.5. The molecule has 0 saturated carbocycles. The number of hydrogen-bond donors (Lipinski definition) is 2. The minimum Gasteiger partial charge on any atom is -0.389 e.